The summed E-state index contributed by atoms with van der Waals surface area (Å²) >= 11 is 0. The lowest BCUT2D eigenvalue weighted by Crippen LogP contribution is -2.26. The van der Waals surface area contributed by atoms with Crippen molar-refractivity contribution in [2.75, 3.05) is 0 Å². The van der Waals surface area contributed by atoms with Gasteiger partial charge in [0.05, 0.1) is 12.3 Å². The van der Waals surface area contributed by atoms with Gasteiger partial charge >= 0.3 is 0 Å². The first kappa shape index (κ1) is 9.93. The molecule has 2 aromatic rings. The second-order valence-electron chi connectivity index (χ2n) is 3.78. The van der Waals surface area contributed by atoms with Gasteiger partial charge in [-0.1, -0.05) is 0 Å². The van der Waals surface area contributed by atoms with E-state index < -0.39 is 6.04 Å². The highest BCUT2D eigenvalue weighted by molar-refractivity contribution is 6.02. The third-order valence-corrected chi connectivity index (χ3v) is 2.47. The number of benzene rings is 1. The van der Waals surface area contributed by atoms with Gasteiger partial charge in [-0.2, -0.15) is 0 Å². The van der Waals surface area contributed by atoms with E-state index >= 15 is 0 Å². The number of carbonyl (C=O) groups is 1. The van der Waals surface area contributed by atoms with E-state index in [2.05, 4.69) is 0 Å². The summed E-state index contributed by atoms with van der Waals surface area (Å²) in [5.41, 5.74) is 8.02. The number of fused-ring (bicyclic) bond motifs is 1. The van der Waals surface area contributed by atoms with Crippen LogP contribution >= 0.6 is 0 Å². The highest BCUT2D eigenvalue weighted by Gasteiger charge is 2.12. The second kappa shape index (κ2) is 3.51. The van der Waals surface area contributed by atoms with Gasteiger partial charge < -0.3 is 10.2 Å². The molecule has 3 heteroatoms. The Bertz CT molecular complexity index is 511. The summed E-state index contributed by atoms with van der Waals surface area (Å²) in [6.07, 6.45) is 1.69. The molecule has 0 radical (unpaired) electrons. The van der Waals surface area contributed by atoms with Crippen molar-refractivity contribution in [3.8, 4) is 0 Å². The van der Waals surface area contributed by atoms with Crippen LogP contribution in [0.2, 0.25) is 0 Å². The summed E-state index contributed by atoms with van der Waals surface area (Å²) in [6, 6.07) is 4.92. The van der Waals surface area contributed by atoms with Crippen LogP contribution in [0.5, 0.6) is 0 Å². The summed E-state index contributed by atoms with van der Waals surface area (Å²) in [5, 5.41) is 0.974. The number of nitrogens with two attached hydrogens (primary N) is 1. The smallest absolute Gasteiger partial charge is 0.179 e. The Kier molecular flexibility index (Phi) is 2.32. The molecule has 1 atom stereocenters. The fourth-order valence-corrected chi connectivity index (χ4v) is 1.57. The monoisotopic (exact) mass is 203 g/mol. The lowest BCUT2D eigenvalue weighted by Gasteiger charge is -2.03. The van der Waals surface area contributed by atoms with Gasteiger partial charge in [0.1, 0.15) is 5.58 Å². The molecule has 0 saturated heterocycles. The van der Waals surface area contributed by atoms with Crippen LogP contribution in [-0.2, 0) is 0 Å². The summed E-state index contributed by atoms with van der Waals surface area (Å²) in [5.74, 6) is -0.0440. The summed E-state index contributed by atoms with van der Waals surface area (Å²) in [7, 11) is 0. The standard InChI is InChI=1S/C12H13NO2/c1-7-6-15-11-4-3-9(5-10(7)11)12(14)8(2)13/h3-6,8H,13H2,1-2H3. The number of rotatable bonds is 2. The molecule has 1 aromatic carbocycles. The maximum absolute atomic E-state index is 11.7. The molecule has 0 saturated carbocycles. The van der Waals surface area contributed by atoms with Crippen LogP contribution < -0.4 is 5.73 Å². The predicted octanol–water partition coefficient (Wildman–Crippen LogP) is 2.27. The van der Waals surface area contributed by atoms with Gasteiger partial charge in [-0.05, 0) is 37.6 Å². The molecule has 0 bridgehead atoms. The number of carbonyl (C=O) groups excluding carboxylic acids is 1. The fourth-order valence-electron chi connectivity index (χ4n) is 1.57. The number of furan rings is 1. The second-order valence-corrected chi connectivity index (χ2v) is 3.78. The minimum Gasteiger partial charge on any atom is -0.464 e. The average molecular weight is 203 g/mol. The molecule has 3 nitrogen and oxygen atoms in total. The highest BCUT2D eigenvalue weighted by atomic mass is 16.3. The third-order valence-electron chi connectivity index (χ3n) is 2.47. The molecule has 2 rings (SSSR count). The highest BCUT2D eigenvalue weighted by Crippen LogP contribution is 2.22. The van der Waals surface area contributed by atoms with Gasteiger partial charge in [-0.25, -0.2) is 0 Å². The molecule has 0 fully saturated rings. The number of hydrogen-bond donors (Lipinski definition) is 1. The lowest BCUT2D eigenvalue weighted by atomic mass is 10.0. The van der Waals surface area contributed by atoms with Crippen LogP contribution in [0.4, 0.5) is 0 Å². The van der Waals surface area contributed by atoms with Gasteiger partial charge in [0.25, 0.3) is 0 Å². The van der Waals surface area contributed by atoms with Crippen molar-refractivity contribution in [1.29, 1.82) is 0 Å². The number of hydrogen-bond acceptors (Lipinski definition) is 3. The van der Waals surface area contributed by atoms with Gasteiger partial charge in [0.2, 0.25) is 0 Å². The van der Waals surface area contributed by atoms with Crippen molar-refractivity contribution in [2.45, 2.75) is 19.9 Å². The van der Waals surface area contributed by atoms with Crippen LogP contribution in [-0.4, -0.2) is 11.8 Å². The SMILES string of the molecule is Cc1coc2ccc(C(=O)C(C)N)cc12. The van der Waals surface area contributed by atoms with E-state index in [9.17, 15) is 4.79 Å². The lowest BCUT2D eigenvalue weighted by molar-refractivity contribution is 0.0968. The first-order valence-electron chi connectivity index (χ1n) is 4.87. The van der Waals surface area contributed by atoms with E-state index in [4.69, 9.17) is 10.2 Å². The maximum Gasteiger partial charge on any atom is 0.179 e. The maximum atomic E-state index is 11.7. The molecule has 78 valence electrons. The largest absolute Gasteiger partial charge is 0.464 e. The van der Waals surface area contributed by atoms with Crippen molar-refractivity contribution in [3.05, 3.63) is 35.6 Å². The molecule has 0 aliphatic rings. The Morgan fingerprint density at radius 2 is 2.20 bits per heavy atom. The first-order valence-corrected chi connectivity index (χ1v) is 4.87. The van der Waals surface area contributed by atoms with Crippen LogP contribution in [0.15, 0.2) is 28.9 Å². The molecule has 1 unspecified atom stereocenters. The Morgan fingerprint density at radius 1 is 1.47 bits per heavy atom. The van der Waals surface area contributed by atoms with Crippen LogP contribution in [0, 0.1) is 6.92 Å². The Labute approximate surface area is 87.9 Å². The minimum atomic E-state index is -0.463. The van der Waals surface area contributed by atoms with Gasteiger partial charge in [0.15, 0.2) is 5.78 Å². The fraction of sp³-hybridized carbons (Fsp3) is 0.250. The molecule has 1 heterocycles. The van der Waals surface area contributed by atoms with E-state index in [0.717, 1.165) is 16.5 Å². The average Bonchev–Trinajstić information content (AvgIpc) is 2.59. The van der Waals surface area contributed by atoms with Crippen molar-refractivity contribution in [2.24, 2.45) is 5.73 Å². The van der Waals surface area contributed by atoms with E-state index in [1.54, 1.807) is 25.3 Å². The third kappa shape index (κ3) is 1.66. The van der Waals surface area contributed by atoms with E-state index in [1.165, 1.54) is 0 Å². The number of ketones is 1. The zero-order valence-electron chi connectivity index (χ0n) is 8.78. The summed E-state index contributed by atoms with van der Waals surface area (Å²) in [6.45, 7) is 3.64. The Balaban J connectivity index is 2.55. The Morgan fingerprint density at radius 3 is 2.87 bits per heavy atom. The van der Waals surface area contributed by atoms with Crippen LogP contribution in [0.3, 0.4) is 0 Å². The molecular formula is C12H13NO2. The molecule has 0 aliphatic carbocycles. The predicted molar refractivity (Wildman–Crippen MR) is 58.9 cm³/mol. The normalized spacial score (nSPS) is 13.0. The quantitative estimate of drug-likeness (QED) is 0.762. The Hall–Kier alpha value is -1.61. The van der Waals surface area contributed by atoms with E-state index in [-0.39, 0.29) is 5.78 Å². The zero-order chi connectivity index (χ0) is 11.0. The number of aryl methyl sites for hydroxylation is 1. The van der Waals surface area contributed by atoms with Crippen molar-refractivity contribution < 1.29 is 9.21 Å². The van der Waals surface area contributed by atoms with Crippen molar-refractivity contribution in [1.82, 2.24) is 0 Å². The first-order chi connectivity index (χ1) is 7.09. The number of Topliss-reactive ketones (excluding diaryl/α,β-unsaturated/α-hetero) is 1. The van der Waals surface area contributed by atoms with E-state index in [0.29, 0.717) is 5.56 Å². The molecule has 0 amide bonds. The molecule has 0 spiro atoms. The molecule has 1 aromatic heterocycles. The van der Waals surface area contributed by atoms with E-state index in [1.807, 2.05) is 13.0 Å². The van der Waals surface area contributed by atoms with Gasteiger partial charge in [0, 0.05) is 10.9 Å². The molecule has 2 N–H and O–H groups in total. The zero-order valence-corrected chi connectivity index (χ0v) is 8.78. The van der Waals surface area contributed by atoms with Gasteiger partial charge in [-0.15, -0.1) is 0 Å². The topological polar surface area (TPSA) is 56.2 Å². The molecule has 0 aliphatic heterocycles. The minimum absolute atomic E-state index is 0.0440. The van der Waals surface area contributed by atoms with Crippen molar-refractivity contribution in [3.63, 3.8) is 0 Å². The summed E-state index contributed by atoms with van der Waals surface area (Å²) in [4.78, 5) is 11.7. The van der Waals surface area contributed by atoms with Crippen LogP contribution in [0.25, 0.3) is 11.0 Å². The van der Waals surface area contributed by atoms with Crippen molar-refractivity contribution >= 4 is 16.8 Å². The van der Waals surface area contributed by atoms with Crippen LogP contribution in [0.1, 0.15) is 22.8 Å². The molecule has 15 heavy (non-hydrogen) atoms. The molecular weight excluding hydrogens is 190 g/mol. The van der Waals surface area contributed by atoms with Gasteiger partial charge in [-0.3, -0.25) is 4.79 Å². The summed E-state index contributed by atoms with van der Waals surface area (Å²) < 4.78 is 5.30.